The summed E-state index contributed by atoms with van der Waals surface area (Å²) in [7, 11) is 0. The van der Waals surface area contributed by atoms with E-state index in [0.29, 0.717) is 5.92 Å². The summed E-state index contributed by atoms with van der Waals surface area (Å²) in [4.78, 5) is 0. The smallest absolute Gasteiger partial charge is 0.0528 e. The van der Waals surface area contributed by atoms with Crippen LogP contribution in [-0.4, -0.2) is 13.2 Å². The van der Waals surface area contributed by atoms with Gasteiger partial charge in [0.2, 0.25) is 0 Å². The standard InChI is InChI=1S/C10H20O.C2H6/c1-4-7-8-10(5-2)9-11-6-3;1-2/h7-8,10H,4-6,9H2,1-3H3;1-2H3/b8-7+;. The predicted octanol–water partition coefficient (Wildman–Crippen LogP) is 4.04. The molecule has 0 aliphatic heterocycles. The van der Waals surface area contributed by atoms with Gasteiger partial charge in [-0.05, 0) is 25.7 Å². The van der Waals surface area contributed by atoms with Crippen molar-refractivity contribution in [3.8, 4) is 0 Å². The van der Waals surface area contributed by atoms with E-state index in [-0.39, 0.29) is 0 Å². The first-order valence-electron chi connectivity index (χ1n) is 5.59. The van der Waals surface area contributed by atoms with Crippen molar-refractivity contribution < 1.29 is 4.74 Å². The normalized spacial score (nSPS) is 12.4. The van der Waals surface area contributed by atoms with Crippen LogP contribution in [0.2, 0.25) is 0 Å². The summed E-state index contributed by atoms with van der Waals surface area (Å²) >= 11 is 0. The zero-order chi connectivity index (χ0) is 10.5. The van der Waals surface area contributed by atoms with Crippen molar-refractivity contribution in [3.05, 3.63) is 12.2 Å². The van der Waals surface area contributed by atoms with Crippen LogP contribution >= 0.6 is 0 Å². The molecule has 0 aromatic carbocycles. The Morgan fingerprint density at radius 1 is 1.15 bits per heavy atom. The summed E-state index contributed by atoms with van der Waals surface area (Å²) < 4.78 is 5.33. The first-order valence-corrected chi connectivity index (χ1v) is 5.59. The second kappa shape index (κ2) is 14.2. The zero-order valence-electron chi connectivity index (χ0n) is 9.97. The van der Waals surface area contributed by atoms with Crippen molar-refractivity contribution in [2.75, 3.05) is 13.2 Å². The van der Waals surface area contributed by atoms with Gasteiger partial charge >= 0.3 is 0 Å². The van der Waals surface area contributed by atoms with E-state index in [1.54, 1.807) is 0 Å². The van der Waals surface area contributed by atoms with Crippen molar-refractivity contribution in [1.82, 2.24) is 0 Å². The fourth-order valence-corrected chi connectivity index (χ4v) is 0.907. The Balaban J connectivity index is 0. The van der Waals surface area contributed by atoms with Gasteiger partial charge in [-0.1, -0.05) is 39.8 Å². The van der Waals surface area contributed by atoms with Crippen molar-refractivity contribution in [1.29, 1.82) is 0 Å². The third-order valence-corrected chi connectivity index (χ3v) is 1.70. The molecule has 0 rings (SSSR count). The van der Waals surface area contributed by atoms with Gasteiger partial charge in [-0.15, -0.1) is 0 Å². The van der Waals surface area contributed by atoms with Crippen LogP contribution in [0.1, 0.15) is 47.5 Å². The highest BCUT2D eigenvalue weighted by atomic mass is 16.5. The lowest BCUT2D eigenvalue weighted by Crippen LogP contribution is -2.05. The van der Waals surface area contributed by atoms with E-state index >= 15 is 0 Å². The van der Waals surface area contributed by atoms with Crippen LogP contribution in [0.4, 0.5) is 0 Å². The minimum absolute atomic E-state index is 0.620. The number of rotatable bonds is 6. The van der Waals surface area contributed by atoms with Crippen LogP contribution in [0.3, 0.4) is 0 Å². The van der Waals surface area contributed by atoms with Crippen LogP contribution in [-0.2, 0) is 4.74 Å². The molecular weight excluding hydrogens is 160 g/mol. The fraction of sp³-hybridized carbons (Fsp3) is 0.833. The SMILES string of the molecule is CC.CC/C=C/C(CC)COCC. The average molecular weight is 186 g/mol. The Labute approximate surface area is 84.2 Å². The second-order valence-electron chi connectivity index (χ2n) is 2.66. The van der Waals surface area contributed by atoms with E-state index < -0.39 is 0 Å². The molecule has 0 bridgehead atoms. The molecule has 0 aromatic heterocycles. The molecule has 0 aliphatic carbocycles. The van der Waals surface area contributed by atoms with Crippen molar-refractivity contribution >= 4 is 0 Å². The monoisotopic (exact) mass is 186 g/mol. The Morgan fingerprint density at radius 3 is 2.15 bits per heavy atom. The molecule has 1 unspecified atom stereocenters. The van der Waals surface area contributed by atoms with Crippen LogP contribution in [0, 0.1) is 5.92 Å². The molecule has 0 aromatic rings. The van der Waals surface area contributed by atoms with Gasteiger partial charge in [0.15, 0.2) is 0 Å². The van der Waals surface area contributed by atoms with E-state index in [4.69, 9.17) is 4.74 Å². The molecule has 13 heavy (non-hydrogen) atoms. The van der Waals surface area contributed by atoms with Gasteiger partial charge in [0.1, 0.15) is 0 Å². The lowest BCUT2D eigenvalue weighted by Gasteiger charge is -2.08. The zero-order valence-corrected chi connectivity index (χ0v) is 9.97. The van der Waals surface area contributed by atoms with Gasteiger partial charge in [0.25, 0.3) is 0 Å². The largest absolute Gasteiger partial charge is 0.381 e. The molecule has 0 N–H and O–H groups in total. The van der Waals surface area contributed by atoms with E-state index in [0.717, 1.165) is 19.6 Å². The van der Waals surface area contributed by atoms with Gasteiger partial charge < -0.3 is 4.74 Å². The first kappa shape index (κ1) is 15.2. The molecule has 1 heteroatoms. The average Bonchev–Trinajstić information content (AvgIpc) is 2.21. The Hall–Kier alpha value is -0.300. The fourth-order valence-electron chi connectivity index (χ4n) is 0.907. The number of allylic oxidation sites excluding steroid dienone is 1. The molecule has 0 saturated carbocycles. The van der Waals surface area contributed by atoms with Crippen LogP contribution in [0.15, 0.2) is 12.2 Å². The molecule has 0 aliphatic rings. The molecule has 1 nitrogen and oxygen atoms in total. The quantitative estimate of drug-likeness (QED) is 0.569. The molecule has 0 amide bonds. The number of hydrogen-bond acceptors (Lipinski definition) is 1. The summed E-state index contributed by atoms with van der Waals surface area (Å²) in [6, 6.07) is 0. The Kier molecular flexibility index (Phi) is 16.6. The van der Waals surface area contributed by atoms with Gasteiger partial charge in [0, 0.05) is 6.61 Å². The van der Waals surface area contributed by atoms with Crippen LogP contribution in [0.25, 0.3) is 0 Å². The van der Waals surface area contributed by atoms with Gasteiger partial charge in [-0.3, -0.25) is 0 Å². The summed E-state index contributed by atoms with van der Waals surface area (Å²) in [5, 5.41) is 0. The predicted molar refractivity (Wildman–Crippen MR) is 61.1 cm³/mol. The third kappa shape index (κ3) is 11.7. The highest BCUT2D eigenvalue weighted by Crippen LogP contribution is 2.05. The third-order valence-electron chi connectivity index (χ3n) is 1.70. The van der Waals surface area contributed by atoms with E-state index in [9.17, 15) is 0 Å². The highest BCUT2D eigenvalue weighted by Gasteiger charge is 1.99. The lowest BCUT2D eigenvalue weighted by atomic mass is 10.1. The van der Waals surface area contributed by atoms with Gasteiger partial charge in [0.05, 0.1) is 6.61 Å². The molecule has 0 radical (unpaired) electrons. The van der Waals surface area contributed by atoms with Crippen molar-refractivity contribution in [2.45, 2.75) is 47.5 Å². The molecule has 1 atom stereocenters. The van der Waals surface area contributed by atoms with E-state index in [2.05, 4.69) is 26.0 Å². The summed E-state index contributed by atoms with van der Waals surface area (Å²) in [5.41, 5.74) is 0. The molecule has 0 heterocycles. The van der Waals surface area contributed by atoms with Crippen molar-refractivity contribution in [2.24, 2.45) is 5.92 Å². The summed E-state index contributed by atoms with van der Waals surface area (Å²) in [5.74, 6) is 0.620. The number of ether oxygens (including phenoxy) is 1. The van der Waals surface area contributed by atoms with Gasteiger partial charge in [-0.2, -0.15) is 0 Å². The Morgan fingerprint density at radius 2 is 1.77 bits per heavy atom. The molecule has 0 saturated heterocycles. The van der Waals surface area contributed by atoms with Crippen molar-refractivity contribution in [3.63, 3.8) is 0 Å². The van der Waals surface area contributed by atoms with E-state index in [1.807, 2.05) is 20.8 Å². The first-order chi connectivity index (χ1) is 6.35. The minimum Gasteiger partial charge on any atom is -0.381 e. The summed E-state index contributed by atoms with van der Waals surface area (Å²) in [6.45, 7) is 12.1. The Bertz CT molecular complexity index is 97.3. The maximum atomic E-state index is 5.33. The number of hydrogen-bond donors (Lipinski definition) is 0. The van der Waals surface area contributed by atoms with Crippen LogP contribution in [0.5, 0.6) is 0 Å². The molecule has 0 fully saturated rings. The second-order valence-corrected chi connectivity index (χ2v) is 2.66. The molecule has 80 valence electrons. The molecular formula is C12H26O. The highest BCUT2D eigenvalue weighted by molar-refractivity contribution is 4.86. The topological polar surface area (TPSA) is 9.23 Å². The summed E-state index contributed by atoms with van der Waals surface area (Å²) in [6.07, 6.45) is 6.78. The van der Waals surface area contributed by atoms with E-state index in [1.165, 1.54) is 6.42 Å². The maximum Gasteiger partial charge on any atom is 0.0528 e. The minimum atomic E-state index is 0.620. The van der Waals surface area contributed by atoms with Gasteiger partial charge in [-0.25, -0.2) is 0 Å². The van der Waals surface area contributed by atoms with Crippen LogP contribution < -0.4 is 0 Å². The molecule has 0 spiro atoms. The maximum absolute atomic E-state index is 5.33. The lowest BCUT2D eigenvalue weighted by molar-refractivity contribution is 0.123.